The normalized spacial score (nSPS) is 13.4. The van der Waals surface area contributed by atoms with Crippen LogP contribution in [0.1, 0.15) is 11.3 Å². The molecule has 0 fully saturated rings. The third-order valence-corrected chi connectivity index (χ3v) is 3.25. The Labute approximate surface area is 106 Å². The van der Waals surface area contributed by atoms with E-state index in [0.29, 0.717) is 6.42 Å². The zero-order valence-corrected chi connectivity index (χ0v) is 10.0. The summed E-state index contributed by atoms with van der Waals surface area (Å²) in [5.41, 5.74) is 3.14. The van der Waals surface area contributed by atoms with E-state index in [4.69, 9.17) is 0 Å². The lowest BCUT2D eigenvalue weighted by molar-refractivity contribution is -0.117. The molecule has 18 heavy (non-hydrogen) atoms. The van der Waals surface area contributed by atoms with Crippen molar-refractivity contribution < 1.29 is 4.79 Å². The Kier molecular flexibility index (Phi) is 2.81. The average Bonchev–Trinajstić information content (AvgIpc) is 2.84. The van der Waals surface area contributed by atoms with Crippen LogP contribution in [0.3, 0.4) is 0 Å². The van der Waals surface area contributed by atoms with Gasteiger partial charge < -0.3 is 4.90 Å². The molecule has 1 aromatic heterocycles. The lowest BCUT2D eigenvalue weighted by Crippen LogP contribution is -2.30. The van der Waals surface area contributed by atoms with Crippen LogP contribution >= 0.6 is 0 Å². The monoisotopic (exact) mass is 238 g/mol. The highest BCUT2D eigenvalue weighted by molar-refractivity contribution is 5.96. The fourth-order valence-electron chi connectivity index (χ4n) is 2.35. The molecule has 90 valence electrons. The zero-order chi connectivity index (χ0) is 12.4. The Balaban J connectivity index is 1.79. The van der Waals surface area contributed by atoms with Crippen molar-refractivity contribution >= 4 is 11.6 Å². The number of carbonyl (C=O) groups excluding carboxylic acids is 1. The topological polar surface area (TPSA) is 33.2 Å². The number of nitrogens with zero attached hydrogens (tertiary/aromatic N) is 2. The minimum atomic E-state index is 0.124. The molecule has 0 spiro atoms. The summed E-state index contributed by atoms with van der Waals surface area (Å²) in [7, 11) is 0. The van der Waals surface area contributed by atoms with Crippen LogP contribution in [0.2, 0.25) is 0 Å². The van der Waals surface area contributed by atoms with E-state index in [-0.39, 0.29) is 5.91 Å². The molecule has 1 amide bonds. The predicted molar refractivity (Wildman–Crippen MR) is 70.4 cm³/mol. The van der Waals surface area contributed by atoms with Crippen LogP contribution < -0.4 is 4.90 Å². The molecule has 0 unspecified atom stereocenters. The SMILES string of the molecule is O=C(Cc1ccccn1)N1CCc2ccccc21. The minimum absolute atomic E-state index is 0.124. The van der Waals surface area contributed by atoms with Gasteiger partial charge in [-0.25, -0.2) is 0 Å². The molecule has 1 aliphatic rings. The molecule has 0 aliphatic carbocycles. The van der Waals surface area contributed by atoms with Crippen molar-refractivity contribution in [3.63, 3.8) is 0 Å². The number of aromatic nitrogens is 1. The van der Waals surface area contributed by atoms with Crippen molar-refractivity contribution in [2.45, 2.75) is 12.8 Å². The second-order valence-electron chi connectivity index (χ2n) is 4.42. The maximum atomic E-state index is 12.3. The average molecular weight is 238 g/mol. The van der Waals surface area contributed by atoms with Crippen LogP contribution in [0.5, 0.6) is 0 Å². The number of carbonyl (C=O) groups is 1. The quantitative estimate of drug-likeness (QED) is 0.803. The molecule has 0 saturated heterocycles. The van der Waals surface area contributed by atoms with Crippen LogP contribution in [-0.4, -0.2) is 17.4 Å². The van der Waals surface area contributed by atoms with Crippen LogP contribution in [0.25, 0.3) is 0 Å². The highest BCUT2D eigenvalue weighted by Crippen LogP contribution is 2.27. The van der Waals surface area contributed by atoms with Crippen molar-refractivity contribution in [3.8, 4) is 0 Å². The molecule has 0 radical (unpaired) electrons. The maximum Gasteiger partial charge on any atom is 0.233 e. The number of hydrogen-bond acceptors (Lipinski definition) is 2. The molecule has 2 heterocycles. The van der Waals surface area contributed by atoms with E-state index in [1.165, 1.54) is 5.56 Å². The number of para-hydroxylation sites is 1. The highest BCUT2D eigenvalue weighted by Gasteiger charge is 2.24. The van der Waals surface area contributed by atoms with E-state index >= 15 is 0 Å². The van der Waals surface area contributed by atoms with E-state index in [0.717, 1.165) is 24.3 Å². The fraction of sp³-hybridized carbons (Fsp3) is 0.200. The Morgan fingerprint density at radius 2 is 2.00 bits per heavy atom. The second-order valence-corrected chi connectivity index (χ2v) is 4.42. The minimum Gasteiger partial charge on any atom is -0.311 e. The summed E-state index contributed by atoms with van der Waals surface area (Å²) in [6.07, 6.45) is 3.04. The van der Waals surface area contributed by atoms with Crippen molar-refractivity contribution in [2.24, 2.45) is 0 Å². The Hall–Kier alpha value is -2.16. The lowest BCUT2D eigenvalue weighted by Gasteiger charge is -2.16. The predicted octanol–water partition coefficient (Wildman–Crippen LogP) is 2.21. The molecular weight excluding hydrogens is 224 g/mol. The third kappa shape index (κ3) is 1.99. The summed E-state index contributed by atoms with van der Waals surface area (Å²) < 4.78 is 0. The number of fused-ring (bicyclic) bond motifs is 1. The molecule has 1 aliphatic heterocycles. The van der Waals surface area contributed by atoms with Crippen LogP contribution in [0.4, 0.5) is 5.69 Å². The Morgan fingerprint density at radius 3 is 2.83 bits per heavy atom. The number of pyridine rings is 1. The summed E-state index contributed by atoms with van der Waals surface area (Å²) in [5, 5.41) is 0. The number of rotatable bonds is 2. The lowest BCUT2D eigenvalue weighted by atomic mass is 10.2. The van der Waals surface area contributed by atoms with E-state index in [1.807, 2.05) is 41.3 Å². The van der Waals surface area contributed by atoms with Gasteiger partial charge in [0.05, 0.1) is 6.42 Å². The van der Waals surface area contributed by atoms with Gasteiger partial charge in [-0.2, -0.15) is 0 Å². The van der Waals surface area contributed by atoms with Gasteiger partial charge >= 0.3 is 0 Å². The standard InChI is InChI=1S/C15H14N2O/c18-15(11-13-6-3-4-9-16-13)17-10-8-12-5-1-2-7-14(12)17/h1-7,9H,8,10-11H2. The first-order chi connectivity index (χ1) is 8.84. The Morgan fingerprint density at radius 1 is 1.17 bits per heavy atom. The first-order valence-electron chi connectivity index (χ1n) is 6.13. The second kappa shape index (κ2) is 4.61. The molecule has 3 rings (SSSR count). The first kappa shape index (κ1) is 11.0. The maximum absolute atomic E-state index is 12.3. The smallest absolute Gasteiger partial charge is 0.233 e. The first-order valence-corrected chi connectivity index (χ1v) is 6.13. The van der Waals surface area contributed by atoms with Crippen molar-refractivity contribution in [1.82, 2.24) is 4.98 Å². The highest BCUT2D eigenvalue weighted by atomic mass is 16.2. The molecule has 0 N–H and O–H groups in total. The van der Waals surface area contributed by atoms with Gasteiger partial charge in [-0.1, -0.05) is 24.3 Å². The molecular formula is C15H14N2O. The zero-order valence-electron chi connectivity index (χ0n) is 10.0. The van der Waals surface area contributed by atoms with Crippen LogP contribution in [0, 0.1) is 0 Å². The Bertz CT molecular complexity index is 566. The molecule has 0 bridgehead atoms. The third-order valence-electron chi connectivity index (χ3n) is 3.25. The van der Waals surface area contributed by atoms with E-state index in [2.05, 4.69) is 11.1 Å². The van der Waals surface area contributed by atoms with Gasteiger partial charge in [-0.05, 0) is 30.2 Å². The summed E-state index contributed by atoms with van der Waals surface area (Å²) in [4.78, 5) is 18.3. The number of hydrogen-bond donors (Lipinski definition) is 0. The molecule has 0 saturated carbocycles. The van der Waals surface area contributed by atoms with E-state index in [1.54, 1.807) is 6.20 Å². The number of anilines is 1. The van der Waals surface area contributed by atoms with Crippen molar-refractivity contribution in [3.05, 3.63) is 59.9 Å². The number of benzene rings is 1. The summed E-state index contributed by atoms with van der Waals surface area (Å²) >= 11 is 0. The van der Waals surface area contributed by atoms with Gasteiger partial charge in [-0.3, -0.25) is 9.78 Å². The molecule has 3 nitrogen and oxygen atoms in total. The van der Waals surface area contributed by atoms with Gasteiger partial charge in [0.25, 0.3) is 0 Å². The fourth-order valence-corrected chi connectivity index (χ4v) is 2.35. The van der Waals surface area contributed by atoms with Gasteiger partial charge in [0, 0.05) is 24.1 Å². The number of amides is 1. The van der Waals surface area contributed by atoms with E-state index in [9.17, 15) is 4.79 Å². The molecule has 3 heteroatoms. The molecule has 1 aromatic carbocycles. The van der Waals surface area contributed by atoms with Gasteiger partial charge in [0.15, 0.2) is 0 Å². The van der Waals surface area contributed by atoms with E-state index < -0.39 is 0 Å². The summed E-state index contributed by atoms with van der Waals surface area (Å²) in [6.45, 7) is 0.783. The van der Waals surface area contributed by atoms with Crippen LogP contribution in [-0.2, 0) is 17.6 Å². The van der Waals surface area contributed by atoms with Crippen LogP contribution in [0.15, 0.2) is 48.7 Å². The summed E-state index contributed by atoms with van der Waals surface area (Å²) in [5.74, 6) is 0.124. The molecule has 0 atom stereocenters. The van der Waals surface area contributed by atoms with Crippen molar-refractivity contribution in [2.75, 3.05) is 11.4 Å². The summed E-state index contributed by atoms with van der Waals surface area (Å²) in [6, 6.07) is 13.8. The van der Waals surface area contributed by atoms with Crippen molar-refractivity contribution in [1.29, 1.82) is 0 Å². The van der Waals surface area contributed by atoms with Gasteiger partial charge in [0.1, 0.15) is 0 Å². The largest absolute Gasteiger partial charge is 0.311 e. The van der Waals surface area contributed by atoms with Gasteiger partial charge in [0.2, 0.25) is 5.91 Å². The molecule has 2 aromatic rings. The van der Waals surface area contributed by atoms with Gasteiger partial charge in [-0.15, -0.1) is 0 Å².